The van der Waals surface area contributed by atoms with Gasteiger partial charge in [0.2, 0.25) is 0 Å². The summed E-state index contributed by atoms with van der Waals surface area (Å²) in [6.45, 7) is 5.81. The second kappa shape index (κ2) is 5.90. The van der Waals surface area contributed by atoms with Crippen LogP contribution in [0.15, 0.2) is 0 Å². The fraction of sp³-hybridized carbons (Fsp3) is 0.833. The minimum Gasteiger partial charge on any atom is -0.480 e. The zero-order valence-corrected chi connectivity index (χ0v) is 12.6. The summed E-state index contributed by atoms with van der Waals surface area (Å²) < 4.78 is 21.4. The molecule has 0 unspecified atom stereocenters. The van der Waals surface area contributed by atoms with Gasteiger partial charge in [-0.3, -0.25) is 9.59 Å². The lowest BCUT2D eigenvalue weighted by molar-refractivity contribution is -0.141. The van der Waals surface area contributed by atoms with Crippen LogP contribution in [0, 0.1) is 0 Å². The van der Waals surface area contributed by atoms with Crippen LogP contribution in [0.25, 0.3) is 0 Å². The number of carboxylic acid groups (broad SMARTS) is 2. The predicted molar refractivity (Wildman–Crippen MR) is 70.8 cm³/mol. The third kappa shape index (κ3) is 2.24. The molecular weight excluding hydrogens is 272 g/mol. The molecule has 0 atom stereocenters. The highest BCUT2D eigenvalue weighted by Gasteiger charge is 2.61. The van der Waals surface area contributed by atoms with Gasteiger partial charge in [0.1, 0.15) is 0 Å². The monoisotopic (exact) mass is 294 g/mol. The van der Waals surface area contributed by atoms with Crippen LogP contribution in [-0.2, 0) is 19.4 Å². The average Bonchev–Trinajstić information content (AvgIpc) is 2.31. The van der Waals surface area contributed by atoms with E-state index in [1.807, 2.05) is 0 Å². The van der Waals surface area contributed by atoms with E-state index in [0.29, 0.717) is 0 Å². The third-order valence-electron chi connectivity index (χ3n) is 4.09. The lowest BCUT2D eigenvalue weighted by Crippen LogP contribution is -2.58. The number of sulfone groups is 1. The summed E-state index contributed by atoms with van der Waals surface area (Å²) in [5.41, 5.74) is 0. The Labute approximate surface area is 113 Å². The normalized spacial score (nSPS) is 13.3. The first-order valence-corrected chi connectivity index (χ1v) is 7.82. The summed E-state index contributed by atoms with van der Waals surface area (Å²) in [6, 6.07) is 0. The lowest BCUT2D eigenvalue weighted by atomic mass is 10.0. The van der Waals surface area contributed by atoms with E-state index >= 15 is 0 Å². The Hall–Kier alpha value is -1.11. The van der Waals surface area contributed by atoms with Crippen molar-refractivity contribution in [3.05, 3.63) is 0 Å². The van der Waals surface area contributed by atoms with Crippen molar-refractivity contribution in [1.29, 1.82) is 0 Å². The molecule has 19 heavy (non-hydrogen) atoms. The molecule has 0 aliphatic carbocycles. The molecule has 0 fully saturated rings. The lowest BCUT2D eigenvalue weighted by Gasteiger charge is -2.36. The topological polar surface area (TPSA) is 109 Å². The van der Waals surface area contributed by atoms with Gasteiger partial charge >= 0.3 is 11.9 Å². The maximum absolute atomic E-state index is 12.7. The largest absolute Gasteiger partial charge is 0.480 e. The summed E-state index contributed by atoms with van der Waals surface area (Å²) in [4.78, 5) is 22.9. The molecule has 0 saturated carbocycles. The first kappa shape index (κ1) is 17.9. The Morgan fingerprint density at radius 3 is 1.11 bits per heavy atom. The van der Waals surface area contributed by atoms with Crippen LogP contribution in [0.3, 0.4) is 0 Å². The molecule has 0 rings (SSSR count). The highest BCUT2D eigenvalue weighted by Crippen LogP contribution is 2.39. The molecule has 0 radical (unpaired) electrons. The number of aliphatic carboxylic acids is 2. The number of hydrogen-bond donors (Lipinski definition) is 2. The Kier molecular flexibility index (Phi) is 5.55. The SMILES string of the molecule is CCC(CC)(C(=O)O)S(=O)(=O)C(CC)(CC)C(=O)O. The van der Waals surface area contributed by atoms with Crippen molar-refractivity contribution in [3.8, 4) is 0 Å². The van der Waals surface area contributed by atoms with E-state index in [4.69, 9.17) is 0 Å². The standard InChI is InChI=1S/C12H22O6S/c1-5-11(6-2,9(13)14)19(17,18)12(7-3,8-4)10(15)16/h5-8H2,1-4H3,(H,13,14)(H,15,16). The molecule has 0 saturated heterocycles. The van der Waals surface area contributed by atoms with Crippen LogP contribution in [0.2, 0.25) is 0 Å². The van der Waals surface area contributed by atoms with E-state index in [-0.39, 0.29) is 25.7 Å². The van der Waals surface area contributed by atoms with Gasteiger partial charge in [0, 0.05) is 0 Å². The molecule has 112 valence electrons. The van der Waals surface area contributed by atoms with Crippen molar-refractivity contribution in [2.45, 2.75) is 62.9 Å². The van der Waals surface area contributed by atoms with Crippen LogP contribution in [0.5, 0.6) is 0 Å². The van der Waals surface area contributed by atoms with Crippen LogP contribution in [-0.4, -0.2) is 40.1 Å². The van der Waals surface area contributed by atoms with Crippen LogP contribution in [0.1, 0.15) is 53.4 Å². The fourth-order valence-corrected chi connectivity index (χ4v) is 5.20. The van der Waals surface area contributed by atoms with Crippen LogP contribution < -0.4 is 0 Å². The van der Waals surface area contributed by atoms with Gasteiger partial charge in [-0.15, -0.1) is 0 Å². The molecule has 0 aromatic rings. The van der Waals surface area contributed by atoms with Gasteiger partial charge in [0.25, 0.3) is 0 Å². The molecule has 6 nitrogen and oxygen atoms in total. The second-order valence-corrected chi connectivity index (χ2v) is 7.09. The highest BCUT2D eigenvalue weighted by atomic mass is 32.2. The third-order valence-corrected chi connectivity index (χ3v) is 7.65. The van der Waals surface area contributed by atoms with E-state index in [9.17, 15) is 28.2 Å². The highest BCUT2D eigenvalue weighted by molar-refractivity contribution is 7.95. The molecule has 0 bridgehead atoms. The molecule has 0 amide bonds. The average molecular weight is 294 g/mol. The maximum Gasteiger partial charge on any atom is 0.325 e. The number of rotatable bonds is 8. The molecular formula is C12H22O6S. The zero-order chi connectivity index (χ0) is 15.5. The molecule has 0 aromatic heterocycles. The second-order valence-electron chi connectivity index (χ2n) is 4.52. The van der Waals surface area contributed by atoms with Crippen LogP contribution in [0.4, 0.5) is 0 Å². The van der Waals surface area contributed by atoms with Crippen molar-refractivity contribution < 1.29 is 28.2 Å². The van der Waals surface area contributed by atoms with E-state index in [1.165, 1.54) is 27.7 Å². The molecule has 0 heterocycles. The molecule has 0 aromatic carbocycles. The van der Waals surface area contributed by atoms with Gasteiger partial charge in [-0.1, -0.05) is 27.7 Å². The van der Waals surface area contributed by atoms with Crippen molar-refractivity contribution in [3.63, 3.8) is 0 Å². The Morgan fingerprint density at radius 1 is 0.789 bits per heavy atom. The van der Waals surface area contributed by atoms with Gasteiger partial charge < -0.3 is 10.2 Å². The minimum absolute atomic E-state index is 0.157. The maximum atomic E-state index is 12.7. The number of carboxylic acids is 2. The summed E-state index contributed by atoms with van der Waals surface area (Å²) in [6.07, 6.45) is -0.626. The fourth-order valence-electron chi connectivity index (χ4n) is 2.47. The summed E-state index contributed by atoms with van der Waals surface area (Å²) in [7, 11) is -4.38. The van der Waals surface area contributed by atoms with E-state index in [1.54, 1.807) is 0 Å². The Bertz CT molecular complexity index is 407. The summed E-state index contributed by atoms with van der Waals surface area (Å²) in [5.74, 6) is -2.96. The van der Waals surface area contributed by atoms with Gasteiger partial charge in [0.05, 0.1) is 0 Å². The molecule has 0 aliphatic rings. The quantitative estimate of drug-likeness (QED) is 0.705. The van der Waals surface area contributed by atoms with E-state index in [0.717, 1.165) is 0 Å². The summed E-state index contributed by atoms with van der Waals surface area (Å²) >= 11 is 0. The van der Waals surface area contributed by atoms with Crippen LogP contribution >= 0.6 is 0 Å². The molecule has 7 heteroatoms. The van der Waals surface area contributed by atoms with Gasteiger partial charge in [-0.05, 0) is 25.7 Å². The number of hydrogen-bond acceptors (Lipinski definition) is 4. The van der Waals surface area contributed by atoms with Gasteiger partial charge in [-0.2, -0.15) is 0 Å². The van der Waals surface area contributed by atoms with Gasteiger partial charge in [-0.25, -0.2) is 8.42 Å². The van der Waals surface area contributed by atoms with Crippen molar-refractivity contribution in [1.82, 2.24) is 0 Å². The Morgan fingerprint density at radius 2 is 1.00 bits per heavy atom. The van der Waals surface area contributed by atoms with E-state index < -0.39 is 31.3 Å². The zero-order valence-electron chi connectivity index (χ0n) is 11.8. The molecule has 0 aliphatic heterocycles. The minimum atomic E-state index is -4.38. The molecule has 0 spiro atoms. The van der Waals surface area contributed by atoms with Crippen molar-refractivity contribution in [2.24, 2.45) is 0 Å². The summed E-state index contributed by atoms with van der Waals surface area (Å²) in [5, 5.41) is 18.6. The van der Waals surface area contributed by atoms with Crippen molar-refractivity contribution >= 4 is 21.8 Å². The van der Waals surface area contributed by atoms with E-state index in [2.05, 4.69) is 0 Å². The predicted octanol–water partition coefficient (Wildman–Crippen LogP) is 1.69. The molecule has 2 N–H and O–H groups in total. The van der Waals surface area contributed by atoms with Gasteiger partial charge in [0.15, 0.2) is 19.3 Å². The smallest absolute Gasteiger partial charge is 0.325 e. The van der Waals surface area contributed by atoms with Crippen molar-refractivity contribution in [2.75, 3.05) is 0 Å². The first-order valence-electron chi connectivity index (χ1n) is 6.34. The first-order chi connectivity index (χ1) is 8.63. The Balaban J connectivity index is 6.36. The number of carbonyl (C=O) groups is 2.